The Hall–Kier alpha value is -12.2. The van der Waals surface area contributed by atoms with Crippen LogP contribution in [-0.4, -0.2) is 18.3 Å². The van der Waals surface area contributed by atoms with E-state index in [9.17, 15) is 15.8 Å². The Balaban J connectivity index is 0.000000144. The van der Waals surface area contributed by atoms with E-state index in [4.69, 9.17) is 6.57 Å². The van der Waals surface area contributed by atoms with Gasteiger partial charge in [0, 0.05) is 65.8 Å². The predicted octanol–water partition coefficient (Wildman–Crippen LogP) is 19.6. The van der Waals surface area contributed by atoms with Gasteiger partial charge in [0.15, 0.2) is 5.69 Å². The van der Waals surface area contributed by atoms with Crippen LogP contribution in [0.25, 0.3) is 137 Å². The van der Waals surface area contributed by atoms with E-state index >= 15 is 0 Å². The van der Waals surface area contributed by atoms with Gasteiger partial charge in [-0.3, -0.25) is 0 Å². The molecule has 0 N–H and O–H groups in total. The van der Waals surface area contributed by atoms with Crippen molar-refractivity contribution in [3.8, 4) is 63.2 Å². The van der Waals surface area contributed by atoms with Gasteiger partial charge < -0.3 is 18.3 Å². The van der Waals surface area contributed by atoms with E-state index in [1.165, 1.54) is 37.9 Å². The molecule has 0 aliphatic rings. The van der Waals surface area contributed by atoms with Gasteiger partial charge in [-0.2, -0.15) is 15.8 Å². The second-order valence-electron chi connectivity index (χ2n) is 21.5. The summed E-state index contributed by atoms with van der Waals surface area (Å²) in [6, 6.07) is 96.2. The standard InChI is InChI=1S/C39H24N4.C38H22N4/c1-25-13-15-38-34(17-25)35-20-26(23-40)14-16-39(35)42(38)30-8-6-7-28(21-30)29-18-27(24-41)19-31(22-29)43-36-11-4-2-9-32(36)33-10-3-5-12-37(33)43;1-40-28-20-27(22-30(23-28)42-37-16-8-4-12-33(37)34-13-5-9-17-38(34)42)26-18-25(24-39)19-29(21-26)41-35-14-6-2-10-31(35)32-11-3-7-15-36(32)41/h2-22H,1H3;2-23H. The summed E-state index contributed by atoms with van der Waals surface area (Å²) in [5.41, 5.74) is 19.8. The number of aryl methyl sites for hydroxylation is 1. The van der Waals surface area contributed by atoms with E-state index in [0.717, 1.165) is 99.9 Å². The Morgan fingerprint density at radius 3 is 1.07 bits per heavy atom. The lowest BCUT2D eigenvalue weighted by molar-refractivity contribution is 1.17. The highest BCUT2D eigenvalue weighted by Gasteiger charge is 2.19. The molecule has 8 nitrogen and oxygen atoms in total. The number of hydrogen-bond donors (Lipinski definition) is 0. The van der Waals surface area contributed by atoms with Crippen molar-refractivity contribution < 1.29 is 0 Å². The molecule has 16 rings (SSSR count). The monoisotopic (exact) mass is 1080 g/mol. The van der Waals surface area contributed by atoms with E-state index in [1.807, 2.05) is 78.9 Å². The second kappa shape index (κ2) is 20.1. The Kier molecular flexibility index (Phi) is 11.8. The molecular formula is C77H46N8. The van der Waals surface area contributed by atoms with Crippen LogP contribution in [0, 0.1) is 47.5 Å². The molecule has 0 saturated heterocycles. The van der Waals surface area contributed by atoms with Crippen LogP contribution in [0.15, 0.2) is 261 Å². The molecule has 4 heterocycles. The summed E-state index contributed by atoms with van der Waals surface area (Å²) in [6.07, 6.45) is 0. The minimum absolute atomic E-state index is 0.546. The fourth-order valence-corrected chi connectivity index (χ4v) is 12.8. The van der Waals surface area contributed by atoms with Gasteiger partial charge >= 0.3 is 0 Å². The number of rotatable bonds is 6. The van der Waals surface area contributed by atoms with Crippen molar-refractivity contribution in [3.63, 3.8) is 0 Å². The van der Waals surface area contributed by atoms with E-state index in [1.54, 1.807) is 0 Å². The SMILES string of the molecule is Cc1ccc2c(c1)c1cc(C#N)ccc1n2-c1cccc(-c2cc(C#N)cc(-n3c4ccccc4c4ccccc43)c2)c1.[C-]#[N+]c1cc(-c2cc(C#N)cc(-n3c4ccccc4c4ccccc43)c2)cc(-n2c3ccccc3c3ccccc32)c1. The maximum atomic E-state index is 10.1. The van der Waals surface area contributed by atoms with Crippen molar-refractivity contribution in [1.82, 2.24) is 18.3 Å². The van der Waals surface area contributed by atoms with Crippen molar-refractivity contribution in [1.29, 1.82) is 15.8 Å². The van der Waals surface area contributed by atoms with E-state index in [0.29, 0.717) is 22.4 Å². The van der Waals surface area contributed by atoms with Gasteiger partial charge in [-0.15, -0.1) is 0 Å². The first-order chi connectivity index (χ1) is 41.9. The molecule has 85 heavy (non-hydrogen) atoms. The van der Waals surface area contributed by atoms with Crippen molar-refractivity contribution >= 4 is 92.9 Å². The summed E-state index contributed by atoms with van der Waals surface area (Å²) in [7, 11) is 0. The van der Waals surface area contributed by atoms with Gasteiger partial charge in [-0.25, -0.2) is 4.85 Å². The van der Waals surface area contributed by atoms with E-state index in [-0.39, 0.29) is 0 Å². The third-order valence-corrected chi connectivity index (χ3v) is 16.5. The number of fused-ring (bicyclic) bond motifs is 12. The van der Waals surface area contributed by atoms with Gasteiger partial charge in [0.2, 0.25) is 0 Å². The maximum absolute atomic E-state index is 10.1. The molecule has 8 heteroatoms. The lowest BCUT2D eigenvalue weighted by Gasteiger charge is -2.14. The molecule has 0 aliphatic carbocycles. The van der Waals surface area contributed by atoms with Crippen LogP contribution in [-0.2, 0) is 0 Å². The highest BCUT2D eigenvalue weighted by molar-refractivity contribution is 6.12. The van der Waals surface area contributed by atoms with Crippen LogP contribution in [0.1, 0.15) is 22.3 Å². The molecule has 0 atom stereocenters. The number of benzene rings is 12. The lowest BCUT2D eigenvalue weighted by atomic mass is 10.0. The third kappa shape index (κ3) is 8.26. The normalized spacial score (nSPS) is 11.3. The van der Waals surface area contributed by atoms with Gasteiger partial charge in [0.25, 0.3) is 0 Å². The topological polar surface area (TPSA) is 95.5 Å². The van der Waals surface area contributed by atoms with Crippen molar-refractivity contribution in [3.05, 3.63) is 295 Å². The molecule has 16 aromatic rings. The molecule has 0 spiro atoms. The number of hydrogen-bond acceptors (Lipinski definition) is 3. The van der Waals surface area contributed by atoms with E-state index < -0.39 is 0 Å². The maximum Gasteiger partial charge on any atom is 0.189 e. The van der Waals surface area contributed by atoms with Gasteiger partial charge in [0.05, 0.1) is 85.6 Å². The van der Waals surface area contributed by atoms with Crippen LogP contribution in [0.5, 0.6) is 0 Å². The zero-order valence-electron chi connectivity index (χ0n) is 45.9. The quantitative estimate of drug-likeness (QED) is 0.155. The minimum atomic E-state index is 0.546. The van der Waals surface area contributed by atoms with Gasteiger partial charge in [-0.1, -0.05) is 133 Å². The largest absolute Gasteiger partial charge is 0.310 e. The number of nitriles is 3. The third-order valence-electron chi connectivity index (χ3n) is 16.5. The zero-order valence-corrected chi connectivity index (χ0v) is 45.9. The molecule has 0 aliphatic heterocycles. The molecule has 4 aromatic heterocycles. The Labute approximate surface area is 489 Å². The van der Waals surface area contributed by atoms with Crippen molar-refractivity contribution in [2.45, 2.75) is 6.92 Å². The molecule has 0 unspecified atom stereocenters. The lowest BCUT2D eigenvalue weighted by Crippen LogP contribution is -1.97. The first kappa shape index (κ1) is 49.8. The fraction of sp³-hybridized carbons (Fsp3) is 0.0130. The van der Waals surface area contributed by atoms with Crippen LogP contribution < -0.4 is 0 Å². The molecule has 0 bridgehead atoms. The van der Waals surface area contributed by atoms with Crippen molar-refractivity contribution in [2.24, 2.45) is 0 Å². The van der Waals surface area contributed by atoms with Crippen LogP contribution >= 0.6 is 0 Å². The summed E-state index contributed by atoms with van der Waals surface area (Å²) in [6.45, 7) is 10.0. The summed E-state index contributed by atoms with van der Waals surface area (Å²) >= 11 is 0. The Bertz CT molecular complexity index is 5300. The number of para-hydroxylation sites is 6. The van der Waals surface area contributed by atoms with Crippen LogP contribution in [0.2, 0.25) is 0 Å². The predicted molar refractivity (Wildman–Crippen MR) is 346 cm³/mol. The summed E-state index contributed by atoms with van der Waals surface area (Å²) in [5.74, 6) is 0. The molecule has 0 saturated carbocycles. The Morgan fingerprint density at radius 1 is 0.282 bits per heavy atom. The fourth-order valence-electron chi connectivity index (χ4n) is 12.8. The summed E-state index contributed by atoms with van der Waals surface area (Å²) in [4.78, 5) is 3.85. The average Bonchev–Trinajstić information content (AvgIpc) is 1.99. The zero-order chi connectivity index (χ0) is 57.3. The molecule has 0 fully saturated rings. The first-order valence-electron chi connectivity index (χ1n) is 28.0. The smallest absolute Gasteiger partial charge is 0.189 e. The second-order valence-corrected chi connectivity index (χ2v) is 21.5. The van der Waals surface area contributed by atoms with E-state index in [2.05, 4.69) is 230 Å². The van der Waals surface area contributed by atoms with Gasteiger partial charge in [-0.05, 0) is 163 Å². The highest BCUT2D eigenvalue weighted by Crippen LogP contribution is 2.40. The Morgan fingerprint density at radius 2 is 0.635 bits per heavy atom. The first-order valence-corrected chi connectivity index (χ1v) is 28.0. The molecule has 0 amide bonds. The average molecular weight is 1080 g/mol. The molecular weight excluding hydrogens is 1040 g/mol. The number of aromatic nitrogens is 4. The molecule has 394 valence electrons. The molecule has 12 aromatic carbocycles. The highest BCUT2D eigenvalue weighted by atomic mass is 15.0. The summed E-state index contributed by atoms with van der Waals surface area (Å²) < 4.78 is 8.96. The van der Waals surface area contributed by atoms with Crippen LogP contribution in [0.3, 0.4) is 0 Å². The summed E-state index contributed by atoms with van der Waals surface area (Å²) in [5, 5.41) is 39.0. The van der Waals surface area contributed by atoms with Crippen molar-refractivity contribution in [2.75, 3.05) is 0 Å². The molecule has 0 radical (unpaired) electrons. The van der Waals surface area contributed by atoms with Crippen LogP contribution in [0.4, 0.5) is 5.69 Å². The number of nitrogens with zero attached hydrogens (tertiary/aromatic N) is 8. The van der Waals surface area contributed by atoms with Gasteiger partial charge in [0.1, 0.15) is 0 Å². The minimum Gasteiger partial charge on any atom is -0.310 e.